The molecule has 2 amide bonds. The standard InChI is InChI=1S/C28H28ClFN2O6/c1-35-19-8-5-16(6-9-19)26-20(28(34)31-17-7-11-22(30)21(29)13-17)10-12-25(33)32(26)18-14-23(36-2)27(38-4)24(15-18)37-3/h5-9,11,13-15,20,26H,10,12H2,1-4H3,(H,31,34)/t20-,26-/m1/s1. The Balaban J connectivity index is 1.81. The molecule has 0 bridgehead atoms. The summed E-state index contributed by atoms with van der Waals surface area (Å²) in [5.41, 5.74) is 1.56. The lowest BCUT2D eigenvalue weighted by molar-refractivity contribution is -0.125. The number of ether oxygens (including phenoxy) is 4. The minimum absolute atomic E-state index is 0.104. The van der Waals surface area contributed by atoms with E-state index in [9.17, 15) is 14.0 Å². The molecule has 3 aromatic rings. The van der Waals surface area contributed by atoms with E-state index in [1.54, 1.807) is 36.3 Å². The molecule has 38 heavy (non-hydrogen) atoms. The molecule has 1 fully saturated rings. The van der Waals surface area contributed by atoms with Crippen molar-refractivity contribution in [3.8, 4) is 23.0 Å². The van der Waals surface area contributed by atoms with Crippen molar-refractivity contribution in [1.29, 1.82) is 0 Å². The number of carbonyl (C=O) groups excluding carboxylic acids is 2. The number of rotatable bonds is 8. The van der Waals surface area contributed by atoms with E-state index in [-0.39, 0.29) is 23.3 Å². The first-order valence-corrected chi connectivity index (χ1v) is 12.2. The van der Waals surface area contributed by atoms with Crippen LogP contribution in [-0.2, 0) is 9.59 Å². The predicted molar refractivity (Wildman–Crippen MR) is 142 cm³/mol. The van der Waals surface area contributed by atoms with Gasteiger partial charge in [0.05, 0.1) is 51.1 Å². The minimum atomic E-state index is -0.680. The van der Waals surface area contributed by atoms with E-state index < -0.39 is 17.8 Å². The normalized spacial score (nSPS) is 17.1. The molecule has 1 aliphatic heterocycles. The zero-order valence-corrected chi connectivity index (χ0v) is 22.2. The van der Waals surface area contributed by atoms with Gasteiger partial charge in [0.15, 0.2) is 11.5 Å². The zero-order valence-electron chi connectivity index (χ0n) is 21.4. The molecule has 1 N–H and O–H groups in total. The number of nitrogens with one attached hydrogen (secondary N) is 1. The Morgan fingerprint density at radius 2 is 1.61 bits per heavy atom. The van der Waals surface area contributed by atoms with Crippen molar-refractivity contribution in [3.63, 3.8) is 0 Å². The van der Waals surface area contributed by atoms with Crippen LogP contribution in [0.5, 0.6) is 23.0 Å². The molecular weight excluding hydrogens is 515 g/mol. The molecule has 1 aliphatic rings. The molecule has 4 rings (SSSR count). The van der Waals surface area contributed by atoms with Gasteiger partial charge < -0.3 is 29.2 Å². The van der Waals surface area contributed by atoms with E-state index >= 15 is 0 Å². The van der Waals surface area contributed by atoms with Gasteiger partial charge in [-0.05, 0) is 42.3 Å². The van der Waals surface area contributed by atoms with Crippen LogP contribution in [0.4, 0.5) is 15.8 Å². The van der Waals surface area contributed by atoms with Crippen molar-refractivity contribution < 1.29 is 32.9 Å². The quantitative estimate of drug-likeness (QED) is 0.397. The zero-order chi connectivity index (χ0) is 27.4. The first-order chi connectivity index (χ1) is 18.3. The van der Waals surface area contributed by atoms with Crippen molar-refractivity contribution >= 4 is 34.8 Å². The van der Waals surface area contributed by atoms with Crippen LogP contribution in [0.3, 0.4) is 0 Å². The molecule has 3 aromatic carbocycles. The number of nitrogens with zero attached hydrogens (tertiary/aromatic N) is 1. The predicted octanol–water partition coefficient (Wildman–Crippen LogP) is 5.64. The fourth-order valence-corrected chi connectivity index (χ4v) is 4.85. The number of piperidine rings is 1. The lowest BCUT2D eigenvalue weighted by Gasteiger charge is -2.41. The molecule has 0 aromatic heterocycles. The maximum absolute atomic E-state index is 13.7. The van der Waals surface area contributed by atoms with Gasteiger partial charge >= 0.3 is 0 Å². The van der Waals surface area contributed by atoms with E-state index in [0.29, 0.717) is 40.8 Å². The molecule has 0 aliphatic carbocycles. The summed E-state index contributed by atoms with van der Waals surface area (Å²) >= 11 is 5.92. The highest BCUT2D eigenvalue weighted by Crippen LogP contribution is 2.46. The van der Waals surface area contributed by atoms with Gasteiger partial charge in [-0.2, -0.15) is 0 Å². The third kappa shape index (κ3) is 5.33. The smallest absolute Gasteiger partial charge is 0.229 e. The van der Waals surface area contributed by atoms with Gasteiger partial charge in [-0.25, -0.2) is 4.39 Å². The highest BCUT2D eigenvalue weighted by atomic mass is 35.5. The summed E-state index contributed by atoms with van der Waals surface area (Å²) in [6.07, 6.45) is 0.433. The molecule has 0 radical (unpaired) electrons. The average molecular weight is 543 g/mol. The maximum atomic E-state index is 13.7. The summed E-state index contributed by atoms with van der Waals surface area (Å²) < 4.78 is 35.4. The van der Waals surface area contributed by atoms with E-state index in [2.05, 4.69) is 5.32 Å². The van der Waals surface area contributed by atoms with E-state index in [1.807, 2.05) is 12.1 Å². The van der Waals surface area contributed by atoms with Crippen molar-refractivity contribution in [2.75, 3.05) is 38.7 Å². The first kappa shape index (κ1) is 27.1. The number of hydrogen-bond acceptors (Lipinski definition) is 6. The second-order valence-corrected chi connectivity index (χ2v) is 9.04. The Morgan fingerprint density at radius 1 is 0.947 bits per heavy atom. The van der Waals surface area contributed by atoms with Gasteiger partial charge in [0, 0.05) is 24.2 Å². The summed E-state index contributed by atoms with van der Waals surface area (Å²) in [7, 11) is 6.04. The third-order valence-corrected chi connectivity index (χ3v) is 6.80. The van der Waals surface area contributed by atoms with Gasteiger partial charge in [-0.1, -0.05) is 23.7 Å². The van der Waals surface area contributed by atoms with Gasteiger partial charge in [-0.15, -0.1) is 0 Å². The monoisotopic (exact) mass is 542 g/mol. The largest absolute Gasteiger partial charge is 0.497 e. The number of carbonyl (C=O) groups is 2. The van der Waals surface area contributed by atoms with Gasteiger partial charge in [-0.3, -0.25) is 9.59 Å². The van der Waals surface area contributed by atoms with Crippen LogP contribution in [0.1, 0.15) is 24.4 Å². The molecule has 10 heteroatoms. The van der Waals surface area contributed by atoms with E-state index in [1.165, 1.54) is 39.5 Å². The molecular formula is C28H28ClFN2O6. The first-order valence-electron chi connectivity index (χ1n) is 11.8. The molecule has 0 saturated carbocycles. The summed E-state index contributed by atoms with van der Waals surface area (Å²) in [6.45, 7) is 0. The Bertz CT molecular complexity index is 1310. The lowest BCUT2D eigenvalue weighted by Crippen LogP contribution is -2.47. The molecule has 0 spiro atoms. The SMILES string of the molecule is COc1ccc([C@@H]2[C@H](C(=O)Nc3ccc(F)c(Cl)c3)CCC(=O)N2c2cc(OC)c(OC)c(OC)c2)cc1. The van der Waals surface area contributed by atoms with Crippen LogP contribution in [0.15, 0.2) is 54.6 Å². The minimum Gasteiger partial charge on any atom is -0.497 e. The van der Waals surface area contributed by atoms with Crippen LogP contribution < -0.4 is 29.2 Å². The number of methoxy groups -OCH3 is 4. The third-order valence-electron chi connectivity index (χ3n) is 6.51. The number of anilines is 2. The number of halogens is 2. The van der Waals surface area contributed by atoms with Gasteiger partial charge in [0.2, 0.25) is 17.6 Å². The fourth-order valence-electron chi connectivity index (χ4n) is 4.67. The molecule has 200 valence electrons. The maximum Gasteiger partial charge on any atom is 0.229 e. The molecule has 1 saturated heterocycles. The van der Waals surface area contributed by atoms with Gasteiger partial charge in [0.1, 0.15) is 11.6 Å². The number of hydrogen-bond donors (Lipinski definition) is 1. The summed E-state index contributed by atoms with van der Waals surface area (Å²) in [5, 5.41) is 2.73. The Labute approximate surface area is 225 Å². The average Bonchev–Trinajstić information content (AvgIpc) is 2.93. The van der Waals surface area contributed by atoms with Crippen molar-refractivity contribution in [2.24, 2.45) is 5.92 Å². The van der Waals surface area contributed by atoms with Crippen molar-refractivity contribution in [2.45, 2.75) is 18.9 Å². The topological polar surface area (TPSA) is 86.3 Å². The Hall–Kier alpha value is -3.98. The highest BCUT2D eigenvalue weighted by Gasteiger charge is 2.42. The molecule has 1 heterocycles. The fraction of sp³-hybridized carbons (Fsp3) is 0.286. The Morgan fingerprint density at radius 3 is 2.16 bits per heavy atom. The summed E-state index contributed by atoms with van der Waals surface area (Å²) in [5.74, 6) is 0.0178. The number of benzene rings is 3. The highest BCUT2D eigenvalue weighted by molar-refractivity contribution is 6.31. The lowest BCUT2D eigenvalue weighted by atomic mass is 9.83. The molecule has 0 unspecified atom stereocenters. The van der Waals surface area contributed by atoms with Gasteiger partial charge in [0.25, 0.3) is 0 Å². The second-order valence-electron chi connectivity index (χ2n) is 8.63. The number of amides is 2. The summed E-state index contributed by atoms with van der Waals surface area (Å²) in [4.78, 5) is 28.7. The second kappa shape index (κ2) is 11.6. The Kier molecular flexibility index (Phi) is 8.26. The van der Waals surface area contributed by atoms with E-state index in [4.69, 9.17) is 30.5 Å². The van der Waals surface area contributed by atoms with Crippen LogP contribution >= 0.6 is 11.6 Å². The van der Waals surface area contributed by atoms with Crippen molar-refractivity contribution in [1.82, 2.24) is 0 Å². The molecule has 8 nitrogen and oxygen atoms in total. The molecule has 2 atom stereocenters. The van der Waals surface area contributed by atoms with E-state index in [0.717, 1.165) is 5.56 Å². The van der Waals surface area contributed by atoms with Crippen LogP contribution in [0, 0.1) is 11.7 Å². The summed E-state index contributed by atoms with van der Waals surface area (Å²) in [6, 6.07) is 13.8. The van der Waals surface area contributed by atoms with Crippen LogP contribution in [0.2, 0.25) is 5.02 Å². The van der Waals surface area contributed by atoms with Crippen LogP contribution in [0.25, 0.3) is 0 Å². The van der Waals surface area contributed by atoms with Crippen LogP contribution in [-0.4, -0.2) is 40.3 Å². The van der Waals surface area contributed by atoms with Crippen molar-refractivity contribution in [3.05, 3.63) is 71.0 Å².